The Bertz CT molecular complexity index is 837. The van der Waals surface area contributed by atoms with Crippen LogP contribution in [-0.2, 0) is 0 Å². The summed E-state index contributed by atoms with van der Waals surface area (Å²) in [5, 5.41) is 9.03. The third-order valence-corrected chi connectivity index (χ3v) is 3.62. The second kappa shape index (κ2) is 5.61. The van der Waals surface area contributed by atoms with Gasteiger partial charge in [-0.3, -0.25) is 4.79 Å². The van der Waals surface area contributed by atoms with Gasteiger partial charge in [0.15, 0.2) is 5.76 Å². The van der Waals surface area contributed by atoms with Crippen LogP contribution in [-0.4, -0.2) is 31.0 Å². The zero-order chi connectivity index (χ0) is 16.6. The number of carbonyl (C=O) groups is 2. The van der Waals surface area contributed by atoms with E-state index in [1.807, 2.05) is 43.3 Å². The number of ether oxygens (including phenoxy) is 1. The van der Waals surface area contributed by atoms with E-state index in [2.05, 4.69) is 0 Å². The van der Waals surface area contributed by atoms with Gasteiger partial charge in [0.25, 0.3) is 0 Å². The van der Waals surface area contributed by atoms with Crippen LogP contribution in [0, 0.1) is 0 Å². The smallest absolute Gasteiger partial charge is 0.335 e. The normalized spacial score (nSPS) is 14.5. The highest BCUT2D eigenvalue weighted by molar-refractivity contribution is 6.15. The van der Waals surface area contributed by atoms with Crippen LogP contribution in [0.4, 0.5) is 5.69 Å². The van der Waals surface area contributed by atoms with Gasteiger partial charge in [-0.05, 0) is 30.3 Å². The number of Topliss-reactive ketones (excluding diaryl/α,β-unsaturated/α-hetero) is 1. The molecule has 2 aromatic rings. The van der Waals surface area contributed by atoms with E-state index in [4.69, 9.17) is 9.84 Å². The number of rotatable bonds is 3. The van der Waals surface area contributed by atoms with Crippen LogP contribution in [0.5, 0.6) is 5.75 Å². The zero-order valence-electron chi connectivity index (χ0n) is 12.7. The minimum atomic E-state index is -1.07. The predicted octanol–water partition coefficient (Wildman–Crippen LogP) is 3.07. The van der Waals surface area contributed by atoms with Gasteiger partial charge in [0.05, 0.1) is 11.1 Å². The highest BCUT2D eigenvalue weighted by Crippen LogP contribution is 2.33. The molecule has 5 heteroatoms. The van der Waals surface area contributed by atoms with Crippen LogP contribution in [0.1, 0.15) is 26.3 Å². The molecule has 0 aliphatic carbocycles. The van der Waals surface area contributed by atoms with Crippen molar-refractivity contribution >= 4 is 23.5 Å². The van der Waals surface area contributed by atoms with E-state index >= 15 is 0 Å². The Hall–Kier alpha value is -3.08. The van der Waals surface area contributed by atoms with Gasteiger partial charge in [0, 0.05) is 25.3 Å². The second-order valence-electron chi connectivity index (χ2n) is 5.41. The Morgan fingerprint density at radius 3 is 2.61 bits per heavy atom. The molecule has 0 saturated heterocycles. The number of carboxylic acid groups (broad SMARTS) is 1. The van der Waals surface area contributed by atoms with Crippen molar-refractivity contribution in [1.82, 2.24) is 0 Å². The summed E-state index contributed by atoms with van der Waals surface area (Å²) in [4.78, 5) is 25.4. The summed E-state index contributed by atoms with van der Waals surface area (Å²) >= 11 is 0. The molecule has 1 heterocycles. The van der Waals surface area contributed by atoms with Crippen molar-refractivity contribution in [3.63, 3.8) is 0 Å². The number of carbonyl (C=O) groups excluding carboxylic acids is 1. The predicted molar refractivity (Wildman–Crippen MR) is 87.1 cm³/mol. The Morgan fingerprint density at radius 1 is 1.17 bits per heavy atom. The molecule has 1 N–H and O–H groups in total. The van der Waals surface area contributed by atoms with Crippen molar-refractivity contribution in [3.8, 4) is 5.75 Å². The highest BCUT2D eigenvalue weighted by Gasteiger charge is 2.28. The van der Waals surface area contributed by atoms with Crippen molar-refractivity contribution in [2.75, 3.05) is 19.0 Å². The van der Waals surface area contributed by atoms with Gasteiger partial charge in [0.1, 0.15) is 5.75 Å². The number of allylic oxidation sites excluding steroid dienone is 1. The molecule has 0 radical (unpaired) electrons. The van der Waals surface area contributed by atoms with Gasteiger partial charge in [0.2, 0.25) is 5.78 Å². The van der Waals surface area contributed by atoms with E-state index in [1.54, 1.807) is 6.08 Å². The molecule has 23 heavy (non-hydrogen) atoms. The zero-order valence-corrected chi connectivity index (χ0v) is 12.7. The Labute approximate surface area is 133 Å². The van der Waals surface area contributed by atoms with Crippen molar-refractivity contribution in [3.05, 3.63) is 64.9 Å². The summed E-state index contributed by atoms with van der Waals surface area (Å²) in [5.41, 5.74) is 2.15. The molecule has 116 valence electrons. The number of hydrogen-bond donors (Lipinski definition) is 1. The lowest BCUT2D eigenvalue weighted by Crippen LogP contribution is -2.10. The maximum absolute atomic E-state index is 12.5. The molecule has 0 spiro atoms. The van der Waals surface area contributed by atoms with Crippen LogP contribution in [0.15, 0.2) is 48.2 Å². The molecule has 2 aromatic carbocycles. The van der Waals surface area contributed by atoms with Crippen LogP contribution in [0.3, 0.4) is 0 Å². The third-order valence-electron chi connectivity index (χ3n) is 3.62. The molecular weight excluding hydrogens is 294 g/mol. The lowest BCUT2D eigenvalue weighted by Gasteiger charge is -2.15. The van der Waals surface area contributed by atoms with Crippen LogP contribution in [0.2, 0.25) is 0 Å². The lowest BCUT2D eigenvalue weighted by atomic mass is 10.1. The maximum Gasteiger partial charge on any atom is 0.335 e. The molecular formula is C18H15NO4. The Morgan fingerprint density at radius 2 is 1.91 bits per heavy atom. The fraction of sp³-hybridized carbons (Fsp3) is 0.111. The first-order valence-electron chi connectivity index (χ1n) is 7.05. The van der Waals surface area contributed by atoms with Crippen molar-refractivity contribution in [2.24, 2.45) is 0 Å². The molecule has 0 unspecified atom stereocenters. The molecule has 0 fully saturated rings. The van der Waals surface area contributed by atoms with Gasteiger partial charge < -0.3 is 14.7 Å². The standard InChI is InChI=1S/C18H15NO4/c1-19(2)14-6-4-3-5-11(14)10-16-17(20)13-9-12(18(21)22)7-8-15(13)23-16/h3-10H,1-2H3,(H,21,22). The number of aromatic carboxylic acids is 1. The molecule has 1 aliphatic heterocycles. The lowest BCUT2D eigenvalue weighted by molar-refractivity contribution is 0.0697. The summed E-state index contributed by atoms with van der Waals surface area (Å²) in [6.45, 7) is 0. The van der Waals surface area contributed by atoms with Crippen molar-refractivity contribution in [1.29, 1.82) is 0 Å². The number of nitrogens with zero attached hydrogens (tertiary/aromatic N) is 1. The number of carboxylic acids is 1. The monoisotopic (exact) mass is 309 g/mol. The molecule has 5 nitrogen and oxygen atoms in total. The fourth-order valence-corrected chi connectivity index (χ4v) is 2.48. The Balaban J connectivity index is 2.01. The van der Waals surface area contributed by atoms with E-state index in [0.29, 0.717) is 5.75 Å². The number of anilines is 1. The summed E-state index contributed by atoms with van der Waals surface area (Å²) in [7, 11) is 3.84. The Kier molecular flexibility index (Phi) is 3.62. The van der Waals surface area contributed by atoms with Crippen LogP contribution in [0.25, 0.3) is 6.08 Å². The van der Waals surface area contributed by atoms with E-state index < -0.39 is 5.97 Å². The minimum Gasteiger partial charge on any atom is -0.478 e. The second-order valence-corrected chi connectivity index (χ2v) is 5.41. The van der Waals surface area contributed by atoms with Gasteiger partial charge in [-0.25, -0.2) is 4.79 Å². The number of fused-ring (bicyclic) bond motifs is 1. The number of benzene rings is 2. The number of hydrogen-bond acceptors (Lipinski definition) is 4. The van der Waals surface area contributed by atoms with Gasteiger partial charge in [-0.15, -0.1) is 0 Å². The topological polar surface area (TPSA) is 66.8 Å². The van der Waals surface area contributed by atoms with E-state index in [-0.39, 0.29) is 22.7 Å². The van der Waals surface area contributed by atoms with E-state index in [9.17, 15) is 9.59 Å². The first-order valence-corrected chi connectivity index (χ1v) is 7.05. The largest absolute Gasteiger partial charge is 0.478 e. The molecule has 1 aliphatic rings. The minimum absolute atomic E-state index is 0.0654. The average Bonchev–Trinajstić information content (AvgIpc) is 2.83. The first kappa shape index (κ1) is 14.8. The number of para-hydroxylation sites is 1. The molecule has 0 aromatic heterocycles. The van der Waals surface area contributed by atoms with Crippen molar-refractivity contribution < 1.29 is 19.4 Å². The van der Waals surface area contributed by atoms with Gasteiger partial charge in [-0.2, -0.15) is 0 Å². The summed E-state index contributed by atoms with van der Waals surface area (Å²) < 4.78 is 5.59. The number of ketones is 1. The van der Waals surface area contributed by atoms with Crippen molar-refractivity contribution in [2.45, 2.75) is 0 Å². The maximum atomic E-state index is 12.5. The molecule has 0 amide bonds. The summed E-state index contributed by atoms with van der Waals surface area (Å²) in [5.74, 6) is -0.807. The van der Waals surface area contributed by atoms with E-state index in [1.165, 1.54) is 18.2 Å². The van der Waals surface area contributed by atoms with Crippen LogP contribution < -0.4 is 9.64 Å². The average molecular weight is 309 g/mol. The molecule has 0 atom stereocenters. The fourth-order valence-electron chi connectivity index (χ4n) is 2.48. The third kappa shape index (κ3) is 2.68. The first-order chi connectivity index (χ1) is 11.0. The molecule has 3 rings (SSSR count). The summed E-state index contributed by atoms with van der Waals surface area (Å²) in [6.07, 6.45) is 1.68. The van der Waals surface area contributed by atoms with Gasteiger partial charge >= 0.3 is 5.97 Å². The van der Waals surface area contributed by atoms with E-state index in [0.717, 1.165) is 11.3 Å². The molecule has 0 bridgehead atoms. The molecule has 0 saturated carbocycles. The summed E-state index contributed by atoms with van der Waals surface area (Å²) in [6, 6.07) is 11.9. The highest BCUT2D eigenvalue weighted by atomic mass is 16.5. The SMILES string of the molecule is CN(C)c1ccccc1C=C1Oc2ccc(C(=O)O)cc2C1=O. The quantitative estimate of drug-likeness (QED) is 0.883. The van der Waals surface area contributed by atoms with Gasteiger partial charge in [-0.1, -0.05) is 18.2 Å². The van der Waals surface area contributed by atoms with Crippen LogP contribution >= 0.6 is 0 Å².